The molecule has 7 heteroatoms. The smallest absolute Gasteiger partial charge is 0.348 e. The molecule has 3 rings (SSSR count). The number of ether oxygens (including phenoxy) is 1. The minimum Gasteiger partial charge on any atom is -0.493 e. The van der Waals surface area contributed by atoms with Gasteiger partial charge < -0.3 is 10.1 Å². The average Bonchev–Trinajstić information content (AvgIpc) is 3.04. The zero-order valence-corrected chi connectivity index (χ0v) is 14.6. The van der Waals surface area contributed by atoms with Gasteiger partial charge in [0.15, 0.2) is 0 Å². The van der Waals surface area contributed by atoms with Crippen molar-refractivity contribution in [2.24, 2.45) is 5.92 Å². The fourth-order valence-corrected chi connectivity index (χ4v) is 2.26. The number of aromatic nitrogens is 3. The van der Waals surface area contributed by atoms with E-state index in [0.717, 1.165) is 10.4 Å². The zero-order valence-electron chi connectivity index (χ0n) is 14.6. The summed E-state index contributed by atoms with van der Waals surface area (Å²) in [7, 11) is 0. The summed E-state index contributed by atoms with van der Waals surface area (Å²) in [4.78, 5) is 26.8. The van der Waals surface area contributed by atoms with Crippen LogP contribution in [0.5, 0.6) is 5.75 Å². The van der Waals surface area contributed by atoms with E-state index in [1.54, 1.807) is 48.5 Å². The molecule has 0 aliphatic rings. The van der Waals surface area contributed by atoms with E-state index < -0.39 is 11.6 Å². The van der Waals surface area contributed by atoms with Crippen molar-refractivity contribution in [1.82, 2.24) is 14.8 Å². The second-order valence-corrected chi connectivity index (χ2v) is 6.21. The predicted octanol–water partition coefficient (Wildman–Crippen LogP) is 2.85. The van der Waals surface area contributed by atoms with E-state index in [2.05, 4.69) is 29.2 Å². The van der Waals surface area contributed by atoms with Crippen molar-refractivity contribution in [2.75, 3.05) is 11.9 Å². The lowest BCUT2D eigenvalue weighted by Gasteiger charge is -2.09. The normalized spacial score (nSPS) is 10.7. The van der Waals surface area contributed by atoms with E-state index in [1.165, 1.54) is 0 Å². The van der Waals surface area contributed by atoms with E-state index >= 15 is 0 Å². The summed E-state index contributed by atoms with van der Waals surface area (Å²) in [5.41, 5.74) is 0.695. The molecule has 0 radical (unpaired) electrons. The summed E-state index contributed by atoms with van der Waals surface area (Å²) in [6.07, 6.45) is 0. The van der Waals surface area contributed by atoms with Crippen molar-refractivity contribution in [3.05, 3.63) is 70.9 Å². The first kappa shape index (κ1) is 17.5. The van der Waals surface area contributed by atoms with Gasteiger partial charge in [-0.1, -0.05) is 32.0 Å². The summed E-state index contributed by atoms with van der Waals surface area (Å²) in [6, 6.07) is 15.9. The molecule has 0 spiro atoms. The molecule has 1 heterocycles. The summed E-state index contributed by atoms with van der Waals surface area (Å²) >= 11 is 0. The topological polar surface area (TPSA) is 89.0 Å². The van der Waals surface area contributed by atoms with E-state index in [1.807, 2.05) is 6.07 Å². The molecule has 3 aromatic rings. The van der Waals surface area contributed by atoms with Crippen molar-refractivity contribution < 1.29 is 9.53 Å². The second-order valence-electron chi connectivity index (χ2n) is 6.21. The van der Waals surface area contributed by atoms with Gasteiger partial charge in [-0.3, -0.25) is 9.78 Å². The number of para-hydroxylation sites is 1. The van der Waals surface area contributed by atoms with Gasteiger partial charge >= 0.3 is 5.69 Å². The largest absolute Gasteiger partial charge is 0.493 e. The Hall–Kier alpha value is -3.35. The maximum Gasteiger partial charge on any atom is 0.348 e. The van der Waals surface area contributed by atoms with Crippen LogP contribution in [0.3, 0.4) is 0 Å². The summed E-state index contributed by atoms with van der Waals surface area (Å²) in [5.74, 6) is 0.621. The molecule has 0 aliphatic carbocycles. The van der Waals surface area contributed by atoms with Gasteiger partial charge in [-0.25, -0.2) is 4.79 Å². The molecular weight excluding hydrogens is 332 g/mol. The summed E-state index contributed by atoms with van der Waals surface area (Å²) in [5, 5.41) is 6.76. The molecule has 7 nitrogen and oxygen atoms in total. The van der Waals surface area contributed by atoms with Crippen LogP contribution < -0.4 is 15.7 Å². The number of anilines is 1. The number of rotatable bonds is 6. The molecule has 26 heavy (non-hydrogen) atoms. The minimum absolute atomic E-state index is 0.0565. The number of nitrogens with zero attached hydrogens (tertiary/aromatic N) is 2. The number of nitrogens with one attached hydrogen (secondary N) is 2. The molecule has 0 atom stereocenters. The molecule has 134 valence electrons. The third-order valence-electron chi connectivity index (χ3n) is 3.53. The zero-order chi connectivity index (χ0) is 18.5. The van der Waals surface area contributed by atoms with Gasteiger partial charge in [-0.15, -0.1) is 5.10 Å². The first-order chi connectivity index (χ1) is 12.5. The number of amides is 1. The molecule has 1 amide bonds. The van der Waals surface area contributed by atoms with Gasteiger partial charge in [-0.2, -0.15) is 4.68 Å². The Morgan fingerprint density at radius 1 is 1.15 bits per heavy atom. The fourth-order valence-electron chi connectivity index (χ4n) is 2.26. The van der Waals surface area contributed by atoms with Gasteiger partial charge in [0, 0.05) is 5.69 Å². The lowest BCUT2D eigenvalue weighted by Crippen LogP contribution is -2.15. The first-order valence-electron chi connectivity index (χ1n) is 8.32. The Bertz CT molecular complexity index is 927. The number of carbonyl (C=O) groups is 1. The SMILES string of the molecule is CC(C)COc1ccc(NC(=O)c2nn(-c3ccccc3)c(=O)[nH]2)cc1. The van der Waals surface area contributed by atoms with Crippen LogP contribution in [0, 0.1) is 5.92 Å². The minimum atomic E-state index is -0.493. The van der Waals surface area contributed by atoms with Crippen LogP contribution in [0.25, 0.3) is 5.69 Å². The Labute approximate surface area is 150 Å². The van der Waals surface area contributed by atoms with E-state index in [-0.39, 0.29) is 5.82 Å². The standard InChI is InChI=1S/C19H20N4O3/c1-13(2)12-26-16-10-8-14(9-11-16)20-18(24)17-21-19(25)23(22-17)15-6-4-3-5-7-15/h3-11,13H,12H2,1-2H3,(H,20,24)(H,21,22,25). The van der Waals surface area contributed by atoms with E-state index in [9.17, 15) is 9.59 Å². The lowest BCUT2D eigenvalue weighted by atomic mass is 10.2. The molecule has 0 aliphatic heterocycles. The molecule has 0 unspecified atom stereocenters. The Kier molecular flexibility index (Phi) is 5.17. The van der Waals surface area contributed by atoms with Crippen LogP contribution in [0.4, 0.5) is 5.69 Å². The maximum absolute atomic E-state index is 12.3. The monoisotopic (exact) mass is 352 g/mol. The van der Waals surface area contributed by atoms with Crippen LogP contribution in [-0.2, 0) is 0 Å². The number of carbonyl (C=O) groups excluding carboxylic acids is 1. The van der Waals surface area contributed by atoms with Crippen LogP contribution in [0.15, 0.2) is 59.4 Å². The van der Waals surface area contributed by atoms with Crippen molar-refractivity contribution in [2.45, 2.75) is 13.8 Å². The molecule has 2 N–H and O–H groups in total. The van der Waals surface area contributed by atoms with Crippen molar-refractivity contribution >= 4 is 11.6 Å². The van der Waals surface area contributed by atoms with Crippen molar-refractivity contribution in [3.63, 3.8) is 0 Å². The van der Waals surface area contributed by atoms with E-state index in [4.69, 9.17) is 4.74 Å². The average molecular weight is 352 g/mol. The Morgan fingerprint density at radius 2 is 1.85 bits per heavy atom. The van der Waals surface area contributed by atoms with E-state index in [0.29, 0.717) is 23.9 Å². The predicted molar refractivity (Wildman–Crippen MR) is 98.9 cm³/mol. The molecule has 0 fully saturated rings. The molecule has 1 aromatic heterocycles. The summed E-state index contributed by atoms with van der Waals surface area (Å²) in [6.45, 7) is 4.78. The van der Waals surface area contributed by atoms with Gasteiger partial charge in [-0.05, 0) is 42.3 Å². The van der Waals surface area contributed by atoms with Gasteiger partial charge in [0.1, 0.15) is 5.75 Å². The highest BCUT2D eigenvalue weighted by Crippen LogP contribution is 2.16. The highest BCUT2D eigenvalue weighted by molar-refractivity contribution is 6.01. The van der Waals surface area contributed by atoms with Crippen LogP contribution in [-0.4, -0.2) is 27.3 Å². The maximum atomic E-state index is 12.3. The highest BCUT2D eigenvalue weighted by atomic mass is 16.5. The molecular formula is C19H20N4O3. The first-order valence-corrected chi connectivity index (χ1v) is 8.32. The lowest BCUT2D eigenvalue weighted by molar-refractivity contribution is 0.101. The Morgan fingerprint density at radius 3 is 2.50 bits per heavy atom. The van der Waals surface area contributed by atoms with Crippen molar-refractivity contribution in [3.8, 4) is 11.4 Å². The molecule has 0 saturated carbocycles. The second kappa shape index (κ2) is 7.69. The fraction of sp³-hybridized carbons (Fsp3) is 0.211. The number of benzene rings is 2. The van der Waals surface area contributed by atoms with Crippen molar-refractivity contribution in [1.29, 1.82) is 0 Å². The van der Waals surface area contributed by atoms with Gasteiger partial charge in [0.05, 0.1) is 12.3 Å². The third kappa shape index (κ3) is 4.18. The van der Waals surface area contributed by atoms with Gasteiger partial charge in [0.25, 0.3) is 5.91 Å². The van der Waals surface area contributed by atoms with Crippen LogP contribution in [0.2, 0.25) is 0 Å². The van der Waals surface area contributed by atoms with Crippen LogP contribution in [0.1, 0.15) is 24.5 Å². The molecule has 0 bridgehead atoms. The Balaban J connectivity index is 1.70. The number of H-pyrrole nitrogens is 1. The number of hydrogen-bond donors (Lipinski definition) is 2. The number of hydrogen-bond acceptors (Lipinski definition) is 4. The molecule has 2 aromatic carbocycles. The number of aromatic amines is 1. The quantitative estimate of drug-likeness (QED) is 0.714. The third-order valence-corrected chi connectivity index (χ3v) is 3.53. The molecule has 0 saturated heterocycles. The van der Waals surface area contributed by atoms with Gasteiger partial charge in [0.2, 0.25) is 5.82 Å². The summed E-state index contributed by atoms with van der Waals surface area (Å²) < 4.78 is 6.75. The highest BCUT2D eigenvalue weighted by Gasteiger charge is 2.14. The van der Waals surface area contributed by atoms with Crippen LogP contribution >= 0.6 is 0 Å².